The van der Waals surface area contributed by atoms with Crippen LogP contribution in [-0.4, -0.2) is 10.2 Å². The van der Waals surface area contributed by atoms with Crippen LogP contribution in [0.15, 0.2) is 16.5 Å². The number of aromatic nitrogens is 2. The summed E-state index contributed by atoms with van der Waals surface area (Å²) in [5.74, 6) is -0.798. The summed E-state index contributed by atoms with van der Waals surface area (Å²) in [6, 6.07) is 1.76. The van der Waals surface area contributed by atoms with Crippen molar-refractivity contribution in [3.63, 3.8) is 0 Å². The van der Waals surface area contributed by atoms with Gasteiger partial charge in [0.15, 0.2) is 5.82 Å². The van der Waals surface area contributed by atoms with Gasteiger partial charge in [-0.2, -0.15) is 0 Å². The summed E-state index contributed by atoms with van der Waals surface area (Å²) in [6.45, 7) is 1.76. The fourth-order valence-corrected chi connectivity index (χ4v) is 1.55. The van der Waals surface area contributed by atoms with Crippen molar-refractivity contribution in [3.05, 3.63) is 40.6 Å². The normalized spacial score (nSPS) is 10.6. The van der Waals surface area contributed by atoms with Crippen LogP contribution >= 0.6 is 11.6 Å². The lowest BCUT2D eigenvalue weighted by Gasteiger charge is -2.07. The minimum Gasteiger partial charge on any atom is -0.424 e. The van der Waals surface area contributed by atoms with Gasteiger partial charge in [0.05, 0.1) is 17.3 Å². The van der Waals surface area contributed by atoms with Crippen LogP contribution in [-0.2, 0) is 6.54 Å². The van der Waals surface area contributed by atoms with Crippen LogP contribution in [0.2, 0.25) is 5.02 Å². The van der Waals surface area contributed by atoms with Crippen LogP contribution in [0.3, 0.4) is 0 Å². The second-order valence-electron chi connectivity index (χ2n) is 3.31. The number of nitrogens with zero attached hydrogens (tertiary/aromatic N) is 2. The largest absolute Gasteiger partial charge is 0.424 e. The first-order valence-corrected chi connectivity index (χ1v) is 5.11. The Morgan fingerprint density at radius 1 is 1.35 bits per heavy atom. The number of anilines is 1. The molecule has 0 bridgehead atoms. The fourth-order valence-electron chi connectivity index (χ4n) is 1.28. The average Bonchev–Trinajstić information content (AvgIpc) is 2.62. The van der Waals surface area contributed by atoms with Gasteiger partial charge in [0, 0.05) is 13.0 Å². The molecular weight excluding hydrogens is 252 g/mol. The molecule has 1 aromatic carbocycles. The molecule has 0 saturated heterocycles. The minimum absolute atomic E-state index is 0.00363. The van der Waals surface area contributed by atoms with Crippen molar-refractivity contribution in [3.8, 4) is 0 Å². The van der Waals surface area contributed by atoms with Crippen molar-refractivity contribution in [1.82, 2.24) is 10.2 Å². The number of benzene rings is 1. The van der Waals surface area contributed by atoms with Gasteiger partial charge in [-0.15, -0.1) is 10.2 Å². The van der Waals surface area contributed by atoms with Crippen LogP contribution in [0.5, 0.6) is 0 Å². The molecule has 17 heavy (non-hydrogen) atoms. The molecule has 0 radical (unpaired) electrons. The number of hydrogen-bond donors (Lipinski definition) is 1. The zero-order chi connectivity index (χ0) is 12.4. The molecule has 2 aromatic rings. The zero-order valence-corrected chi connectivity index (χ0v) is 9.55. The summed E-state index contributed by atoms with van der Waals surface area (Å²) in [5.41, 5.74) is 0.00363. The van der Waals surface area contributed by atoms with Crippen LogP contribution in [0.1, 0.15) is 11.8 Å². The average molecular weight is 260 g/mol. The number of hydrogen-bond acceptors (Lipinski definition) is 4. The van der Waals surface area contributed by atoms with Crippen molar-refractivity contribution < 1.29 is 13.2 Å². The summed E-state index contributed by atoms with van der Waals surface area (Å²) in [6.07, 6.45) is 0. The minimum atomic E-state index is -0.772. The number of rotatable bonds is 3. The molecule has 0 saturated carbocycles. The van der Waals surface area contributed by atoms with Crippen molar-refractivity contribution in [2.75, 3.05) is 5.32 Å². The van der Waals surface area contributed by atoms with Gasteiger partial charge in [-0.3, -0.25) is 0 Å². The van der Waals surface area contributed by atoms with Crippen molar-refractivity contribution >= 4 is 17.3 Å². The van der Waals surface area contributed by atoms with Gasteiger partial charge in [0.25, 0.3) is 0 Å². The molecule has 0 aliphatic rings. The molecule has 2 rings (SSSR count). The summed E-state index contributed by atoms with van der Waals surface area (Å²) in [4.78, 5) is 0. The monoisotopic (exact) mass is 259 g/mol. The predicted molar refractivity (Wildman–Crippen MR) is 57.7 cm³/mol. The highest BCUT2D eigenvalue weighted by atomic mass is 35.5. The molecule has 0 spiro atoms. The van der Waals surface area contributed by atoms with Gasteiger partial charge in [0.1, 0.15) is 5.82 Å². The van der Waals surface area contributed by atoms with Crippen molar-refractivity contribution in [2.45, 2.75) is 13.5 Å². The van der Waals surface area contributed by atoms with E-state index >= 15 is 0 Å². The summed E-state index contributed by atoms with van der Waals surface area (Å²) < 4.78 is 31.2. The highest BCUT2D eigenvalue weighted by Gasteiger charge is 2.11. The maximum Gasteiger partial charge on any atom is 0.235 e. The van der Waals surface area contributed by atoms with E-state index in [-0.39, 0.29) is 17.3 Å². The van der Waals surface area contributed by atoms with Gasteiger partial charge in [-0.05, 0) is 6.07 Å². The molecular formula is C10H8ClF2N3O. The summed E-state index contributed by atoms with van der Waals surface area (Å²) in [5, 5.41) is 9.96. The lowest BCUT2D eigenvalue weighted by atomic mass is 10.3. The molecule has 0 fully saturated rings. The third-order valence-electron chi connectivity index (χ3n) is 1.99. The van der Waals surface area contributed by atoms with Gasteiger partial charge < -0.3 is 9.73 Å². The highest BCUT2D eigenvalue weighted by Crippen LogP contribution is 2.26. The Balaban J connectivity index is 2.14. The molecule has 0 unspecified atom stereocenters. The molecule has 90 valence electrons. The number of nitrogens with one attached hydrogen (secondary N) is 1. The molecule has 4 nitrogen and oxygen atoms in total. The SMILES string of the molecule is Cc1nnc(CNc2c(F)cc(F)cc2Cl)o1. The Hall–Kier alpha value is -1.69. The maximum atomic E-state index is 13.4. The van der Waals surface area contributed by atoms with E-state index in [9.17, 15) is 8.78 Å². The second kappa shape index (κ2) is 4.67. The van der Waals surface area contributed by atoms with E-state index in [1.165, 1.54) is 0 Å². The molecule has 0 aliphatic heterocycles. The van der Waals surface area contributed by atoms with Crippen LogP contribution in [0.25, 0.3) is 0 Å². The molecule has 1 aromatic heterocycles. The van der Waals surface area contributed by atoms with Crippen molar-refractivity contribution in [1.29, 1.82) is 0 Å². The smallest absolute Gasteiger partial charge is 0.235 e. The standard InChI is InChI=1S/C10H8ClF2N3O/c1-5-15-16-9(17-5)4-14-10-7(11)2-6(12)3-8(10)13/h2-3,14H,4H2,1H3. The van der Waals surface area contributed by atoms with E-state index in [2.05, 4.69) is 15.5 Å². The van der Waals surface area contributed by atoms with E-state index in [1.807, 2.05) is 0 Å². The van der Waals surface area contributed by atoms with Gasteiger partial charge >= 0.3 is 0 Å². The molecule has 7 heteroatoms. The maximum absolute atomic E-state index is 13.4. The van der Waals surface area contributed by atoms with E-state index in [4.69, 9.17) is 16.0 Å². The Morgan fingerprint density at radius 2 is 2.12 bits per heavy atom. The quantitative estimate of drug-likeness (QED) is 0.921. The van der Waals surface area contributed by atoms with Gasteiger partial charge in [-0.25, -0.2) is 8.78 Å². The number of halogens is 3. The summed E-state index contributed by atoms with van der Waals surface area (Å²) >= 11 is 5.70. The first-order valence-electron chi connectivity index (χ1n) is 4.73. The van der Waals surface area contributed by atoms with E-state index < -0.39 is 11.6 Å². The Bertz CT molecular complexity index is 521. The molecule has 0 aliphatic carbocycles. The Kier molecular flexibility index (Phi) is 3.23. The molecule has 0 atom stereocenters. The fraction of sp³-hybridized carbons (Fsp3) is 0.200. The van der Waals surface area contributed by atoms with Crippen molar-refractivity contribution in [2.24, 2.45) is 0 Å². The van der Waals surface area contributed by atoms with Crippen LogP contribution in [0.4, 0.5) is 14.5 Å². The molecule has 1 heterocycles. The Labute approximate surface area is 101 Å². The predicted octanol–water partition coefficient (Wildman–Crippen LogP) is 2.92. The van der Waals surface area contributed by atoms with Gasteiger partial charge in [-0.1, -0.05) is 11.6 Å². The van der Waals surface area contributed by atoms with Gasteiger partial charge in [0.2, 0.25) is 11.8 Å². The Morgan fingerprint density at radius 3 is 2.71 bits per heavy atom. The highest BCUT2D eigenvalue weighted by molar-refractivity contribution is 6.33. The zero-order valence-electron chi connectivity index (χ0n) is 8.80. The second-order valence-corrected chi connectivity index (χ2v) is 3.72. The lowest BCUT2D eigenvalue weighted by Crippen LogP contribution is -2.03. The lowest BCUT2D eigenvalue weighted by molar-refractivity contribution is 0.474. The van der Waals surface area contributed by atoms with E-state index in [1.54, 1.807) is 6.92 Å². The molecule has 0 amide bonds. The summed E-state index contributed by atoms with van der Waals surface area (Å²) in [7, 11) is 0. The van der Waals surface area contributed by atoms with E-state index in [0.717, 1.165) is 12.1 Å². The first-order chi connectivity index (χ1) is 8.06. The third kappa shape index (κ3) is 2.71. The van der Waals surface area contributed by atoms with Crippen LogP contribution in [0, 0.1) is 18.6 Å². The molecule has 1 N–H and O–H groups in total. The number of aryl methyl sites for hydroxylation is 1. The first kappa shape index (κ1) is 11.8. The third-order valence-corrected chi connectivity index (χ3v) is 2.29. The van der Waals surface area contributed by atoms with E-state index in [0.29, 0.717) is 11.8 Å². The topological polar surface area (TPSA) is 51.0 Å². The van der Waals surface area contributed by atoms with Crippen LogP contribution < -0.4 is 5.32 Å².